The normalized spacial score (nSPS) is 11.5. The number of carbonyl (C=O) groups excluding carboxylic acids is 1. The Morgan fingerprint density at radius 3 is 2.54 bits per heavy atom. The number of hydrogen-bond donors (Lipinski definition) is 1. The minimum atomic E-state index is -4.48. The molecule has 4 nitrogen and oxygen atoms in total. The first kappa shape index (κ1) is 19.7. The van der Waals surface area contributed by atoms with Crippen LogP contribution in [-0.2, 0) is 10.9 Å². The van der Waals surface area contributed by atoms with E-state index in [4.69, 9.17) is 4.74 Å². The predicted molar refractivity (Wildman–Crippen MR) is 102 cm³/mol. The standard InChI is InChI=1S/C21H19F3N2O2/c1-4-28-20(27)16-11-25-18-10-14(21(22,23)24)6-7-15(18)19(16)26-17-8-5-12(2)9-13(17)3/h5-11H,4H2,1-3H3,(H,25,26). The first-order valence-electron chi connectivity index (χ1n) is 8.72. The third-order valence-corrected chi connectivity index (χ3v) is 4.33. The Labute approximate surface area is 160 Å². The summed E-state index contributed by atoms with van der Waals surface area (Å²) in [5, 5.41) is 3.59. The molecule has 0 spiro atoms. The number of hydrogen-bond acceptors (Lipinski definition) is 4. The zero-order chi connectivity index (χ0) is 20.5. The lowest BCUT2D eigenvalue weighted by molar-refractivity contribution is -0.137. The van der Waals surface area contributed by atoms with E-state index in [0.717, 1.165) is 28.9 Å². The average molecular weight is 388 g/mol. The van der Waals surface area contributed by atoms with Gasteiger partial charge in [-0.25, -0.2) is 4.79 Å². The summed E-state index contributed by atoms with van der Waals surface area (Å²) in [6.07, 6.45) is -3.23. The maximum atomic E-state index is 13.0. The van der Waals surface area contributed by atoms with Crippen LogP contribution >= 0.6 is 0 Å². The van der Waals surface area contributed by atoms with Crippen molar-refractivity contribution in [3.63, 3.8) is 0 Å². The molecule has 146 valence electrons. The Kier molecular flexibility index (Phi) is 5.27. The molecule has 1 N–H and O–H groups in total. The highest BCUT2D eigenvalue weighted by Gasteiger charge is 2.31. The van der Waals surface area contributed by atoms with Gasteiger partial charge in [-0.2, -0.15) is 13.2 Å². The van der Waals surface area contributed by atoms with Gasteiger partial charge in [0.1, 0.15) is 5.56 Å². The number of aromatic nitrogens is 1. The van der Waals surface area contributed by atoms with Crippen LogP contribution in [0.5, 0.6) is 0 Å². The van der Waals surface area contributed by atoms with E-state index in [1.165, 1.54) is 12.3 Å². The number of pyridine rings is 1. The SMILES string of the molecule is CCOC(=O)c1cnc2cc(C(F)(F)F)ccc2c1Nc1ccc(C)cc1C. The lowest BCUT2D eigenvalue weighted by atomic mass is 10.0. The van der Waals surface area contributed by atoms with Gasteiger partial charge in [-0.1, -0.05) is 23.8 Å². The van der Waals surface area contributed by atoms with Crippen molar-refractivity contribution in [3.05, 3.63) is 64.8 Å². The number of rotatable bonds is 4. The molecule has 0 saturated carbocycles. The fraction of sp³-hybridized carbons (Fsp3) is 0.238. The highest BCUT2D eigenvalue weighted by molar-refractivity contribution is 6.06. The molecule has 0 fully saturated rings. The number of halogens is 3. The van der Waals surface area contributed by atoms with Crippen LogP contribution in [0.2, 0.25) is 0 Å². The second-order valence-corrected chi connectivity index (χ2v) is 6.44. The summed E-state index contributed by atoms with van der Waals surface area (Å²) < 4.78 is 44.2. The molecule has 28 heavy (non-hydrogen) atoms. The second-order valence-electron chi connectivity index (χ2n) is 6.44. The van der Waals surface area contributed by atoms with Crippen molar-refractivity contribution >= 4 is 28.2 Å². The van der Waals surface area contributed by atoms with Crippen molar-refractivity contribution in [2.75, 3.05) is 11.9 Å². The predicted octanol–water partition coefficient (Wildman–Crippen LogP) is 5.79. The molecule has 3 rings (SSSR count). The number of anilines is 2. The zero-order valence-electron chi connectivity index (χ0n) is 15.6. The quantitative estimate of drug-likeness (QED) is 0.575. The Hall–Kier alpha value is -3.09. The summed E-state index contributed by atoms with van der Waals surface area (Å²) in [5.74, 6) is -0.593. The van der Waals surface area contributed by atoms with Gasteiger partial charge in [-0.15, -0.1) is 0 Å². The Bertz CT molecular complexity index is 1050. The molecule has 0 bridgehead atoms. The van der Waals surface area contributed by atoms with E-state index in [1.54, 1.807) is 6.92 Å². The summed E-state index contributed by atoms with van der Waals surface area (Å²) in [6, 6.07) is 9.00. The number of aryl methyl sites for hydroxylation is 2. The van der Waals surface area contributed by atoms with Crippen molar-refractivity contribution < 1.29 is 22.7 Å². The molecule has 0 aliphatic carbocycles. The maximum absolute atomic E-state index is 13.0. The summed E-state index contributed by atoms with van der Waals surface area (Å²) >= 11 is 0. The highest BCUT2D eigenvalue weighted by atomic mass is 19.4. The molecule has 3 aromatic rings. The number of alkyl halides is 3. The third kappa shape index (κ3) is 3.93. The van der Waals surface area contributed by atoms with E-state index >= 15 is 0 Å². The van der Waals surface area contributed by atoms with Crippen molar-refractivity contribution in [2.45, 2.75) is 26.9 Å². The van der Waals surface area contributed by atoms with E-state index in [1.807, 2.05) is 32.0 Å². The number of fused-ring (bicyclic) bond motifs is 1. The van der Waals surface area contributed by atoms with Crippen LogP contribution in [0.25, 0.3) is 10.9 Å². The molecule has 0 atom stereocenters. The highest BCUT2D eigenvalue weighted by Crippen LogP contribution is 2.35. The summed E-state index contributed by atoms with van der Waals surface area (Å²) in [5.41, 5.74) is 2.61. The number of nitrogens with zero attached hydrogens (tertiary/aromatic N) is 1. The zero-order valence-corrected chi connectivity index (χ0v) is 15.6. The van der Waals surface area contributed by atoms with Gasteiger partial charge in [0.15, 0.2) is 0 Å². The molecule has 0 amide bonds. The molecular formula is C21H19F3N2O2. The minimum absolute atomic E-state index is 0.134. The maximum Gasteiger partial charge on any atom is 0.416 e. The average Bonchev–Trinajstić information content (AvgIpc) is 2.63. The first-order chi connectivity index (χ1) is 13.2. The summed E-state index contributed by atoms with van der Waals surface area (Å²) in [7, 11) is 0. The number of esters is 1. The van der Waals surface area contributed by atoms with Crippen LogP contribution in [0.3, 0.4) is 0 Å². The molecular weight excluding hydrogens is 369 g/mol. The van der Waals surface area contributed by atoms with E-state index in [0.29, 0.717) is 11.1 Å². The molecule has 0 radical (unpaired) electrons. The van der Waals surface area contributed by atoms with Crippen LogP contribution in [0.4, 0.5) is 24.5 Å². The fourth-order valence-corrected chi connectivity index (χ4v) is 2.96. The molecule has 0 aliphatic rings. The van der Waals surface area contributed by atoms with E-state index in [9.17, 15) is 18.0 Å². The van der Waals surface area contributed by atoms with Crippen LogP contribution in [0.15, 0.2) is 42.6 Å². The van der Waals surface area contributed by atoms with Crippen LogP contribution < -0.4 is 5.32 Å². The van der Waals surface area contributed by atoms with Crippen LogP contribution in [0.1, 0.15) is 34.0 Å². The van der Waals surface area contributed by atoms with Gasteiger partial charge in [0.25, 0.3) is 0 Å². The van der Waals surface area contributed by atoms with Gasteiger partial charge in [-0.05, 0) is 44.5 Å². The molecule has 7 heteroatoms. The lowest BCUT2D eigenvalue weighted by Crippen LogP contribution is -2.10. The number of nitrogens with one attached hydrogen (secondary N) is 1. The second kappa shape index (κ2) is 7.50. The van der Waals surface area contributed by atoms with Gasteiger partial charge < -0.3 is 10.1 Å². The minimum Gasteiger partial charge on any atom is -0.462 e. The third-order valence-electron chi connectivity index (χ3n) is 4.33. The van der Waals surface area contributed by atoms with Crippen LogP contribution in [0, 0.1) is 13.8 Å². The molecule has 1 aromatic heterocycles. The number of carbonyl (C=O) groups is 1. The van der Waals surface area contributed by atoms with Gasteiger partial charge in [-0.3, -0.25) is 4.98 Å². The van der Waals surface area contributed by atoms with Gasteiger partial charge in [0.05, 0.1) is 23.4 Å². The first-order valence-corrected chi connectivity index (χ1v) is 8.72. The van der Waals surface area contributed by atoms with Crippen molar-refractivity contribution in [2.24, 2.45) is 0 Å². The van der Waals surface area contributed by atoms with Crippen molar-refractivity contribution in [1.82, 2.24) is 4.98 Å². The van der Waals surface area contributed by atoms with E-state index < -0.39 is 17.7 Å². The molecule has 0 unspecified atom stereocenters. The number of ether oxygens (including phenoxy) is 1. The molecule has 1 heterocycles. The van der Waals surface area contributed by atoms with E-state index in [2.05, 4.69) is 10.3 Å². The topological polar surface area (TPSA) is 51.2 Å². The lowest BCUT2D eigenvalue weighted by Gasteiger charge is -2.17. The Morgan fingerprint density at radius 1 is 1.14 bits per heavy atom. The smallest absolute Gasteiger partial charge is 0.416 e. The van der Waals surface area contributed by atoms with Crippen molar-refractivity contribution in [1.29, 1.82) is 0 Å². The fourth-order valence-electron chi connectivity index (χ4n) is 2.96. The summed E-state index contributed by atoms with van der Waals surface area (Å²) in [4.78, 5) is 16.4. The molecule has 0 saturated heterocycles. The van der Waals surface area contributed by atoms with Gasteiger partial charge >= 0.3 is 12.1 Å². The molecule has 2 aromatic carbocycles. The Morgan fingerprint density at radius 2 is 1.89 bits per heavy atom. The summed E-state index contributed by atoms with van der Waals surface area (Å²) in [6.45, 7) is 5.72. The molecule has 0 aliphatic heterocycles. The largest absolute Gasteiger partial charge is 0.462 e. The Balaban J connectivity index is 2.19. The van der Waals surface area contributed by atoms with Gasteiger partial charge in [0, 0.05) is 17.3 Å². The van der Waals surface area contributed by atoms with Crippen molar-refractivity contribution in [3.8, 4) is 0 Å². The van der Waals surface area contributed by atoms with E-state index in [-0.39, 0.29) is 17.7 Å². The van der Waals surface area contributed by atoms with Crippen LogP contribution in [-0.4, -0.2) is 17.6 Å². The monoisotopic (exact) mass is 388 g/mol. The van der Waals surface area contributed by atoms with Gasteiger partial charge in [0.2, 0.25) is 0 Å². The number of benzene rings is 2.